The Hall–Kier alpha value is -1.49. The number of aryl methyl sites for hydroxylation is 1. The number of hydrogen-bond donors (Lipinski definition) is 2. The van der Waals surface area contributed by atoms with E-state index in [1.807, 2.05) is 0 Å². The zero-order valence-corrected chi connectivity index (χ0v) is 13.1. The Morgan fingerprint density at radius 2 is 2.09 bits per heavy atom. The van der Waals surface area contributed by atoms with Crippen LogP contribution >= 0.6 is 23.2 Å². The van der Waals surface area contributed by atoms with Crippen LogP contribution in [0.4, 0.5) is 4.39 Å². The molecule has 2 aromatic carbocycles. The smallest absolute Gasteiger partial charge is 0.134 e. The molecule has 1 atom stereocenters. The molecule has 6 heteroatoms. The molecule has 2 aromatic rings. The normalized spacial score (nSPS) is 17.0. The highest BCUT2D eigenvalue weighted by molar-refractivity contribution is 6.40. The molecule has 0 spiro atoms. The molecule has 3 rings (SSSR count). The van der Waals surface area contributed by atoms with E-state index < -0.39 is 5.82 Å². The molecule has 3 N–H and O–H groups in total. The molecule has 0 amide bonds. The van der Waals surface area contributed by atoms with Crippen molar-refractivity contribution in [2.45, 2.75) is 18.9 Å². The van der Waals surface area contributed by atoms with Crippen LogP contribution in [0.15, 0.2) is 24.3 Å². The van der Waals surface area contributed by atoms with Gasteiger partial charge in [-0.3, -0.25) is 0 Å². The molecule has 116 valence electrons. The number of benzene rings is 2. The monoisotopic (exact) mass is 341 g/mol. The highest BCUT2D eigenvalue weighted by atomic mass is 35.5. The Bertz CT molecular complexity index is 737. The van der Waals surface area contributed by atoms with Crippen LogP contribution in [0.2, 0.25) is 10.0 Å². The van der Waals surface area contributed by atoms with E-state index in [2.05, 4.69) is 0 Å². The largest absolute Gasteiger partial charge is 0.506 e. The van der Waals surface area contributed by atoms with Crippen molar-refractivity contribution in [1.82, 2.24) is 0 Å². The maximum Gasteiger partial charge on any atom is 0.134 e. The number of ether oxygens (including phenoxy) is 1. The number of nitrogens with two attached hydrogens (primary N) is 1. The molecule has 1 aliphatic rings. The first-order valence-electron chi connectivity index (χ1n) is 6.87. The summed E-state index contributed by atoms with van der Waals surface area (Å²) in [5, 5.41) is 10.2. The van der Waals surface area contributed by atoms with E-state index in [-0.39, 0.29) is 16.9 Å². The summed E-state index contributed by atoms with van der Waals surface area (Å²) in [5.41, 5.74) is 7.21. The number of phenols is 1. The van der Waals surface area contributed by atoms with Gasteiger partial charge in [-0.2, -0.15) is 0 Å². The molecule has 3 nitrogen and oxygen atoms in total. The summed E-state index contributed by atoms with van der Waals surface area (Å²) in [5.74, 6) is 0.00165. The average molecular weight is 342 g/mol. The lowest BCUT2D eigenvalue weighted by Gasteiger charge is -2.27. The van der Waals surface area contributed by atoms with Crippen LogP contribution in [0.5, 0.6) is 11.5 Å². The molecule has 0 fully saturated rings. The first kappa shape index (κ1) is 15.4. The second-order valence-electron chi connectivity index (χ2n) is 5.21. The topological polar surface area (TPSA) is 55.5 Å². The van der Waals surface area contributed by atoms with Gasteiger partial charge in [-0.15, -0.1) is 0 Å². The van der Waals surface area contributed by atoms with Crippen molar-refractivity contribution in [2.24, 2.45) is 5.73 Å². The predicted molar refractivity (Wildman–Crippen MR) is 85.3 cm³/mol. The van der Waals surface area contributed by atoms with Gasteiger partial charge < -0.3 is 15.6 Å². The third-order valence-corrected chi connectivity index (χ3v) is 4.45. The highest BCUT2D eigenvalue weighted by Crippen LogP contribution is 2.46. The number of aromatic hydroxyl groups is 1. The second-order valence-corrected chi connectivity index (χ2v) is 6.00. The van der Waals surface area contributed by atoms with Crippen LogP contribution in [-0.4, -0.2) is 17.8 Å². The van der Waals surface area contributed by atoms with Crippen molar-refractivity contribution >= 4 is 23.2 Å². The Morgan fingerprint density at radius 3 is 2.82 bits per heavy atom. The van der Waals surface area contributed by atoms with Crippen molar-refractivity contribution in [3.05, 3.63) is 45.7 Å². The summed E-state index contributed by atoms with van der Waals surface area (Å²) in [7, 11) is 0. The van der Waals surface area contributed by atoms with Crippen LogP contribution in [0, 0.1) is 5.82 Å². The molecule has 0 saturated carbocycles. The number of phenolic OH excluding ortho intramolecular Hbond substituents is 1. The van der Waals surface area contributed by atoms with E-state index in [1.54, 1.807) is 0 Å². The highest BCUT2D eigenvalue weighted by Gasteiger charge is 2.25. The zero-order chi connectivity index (χ0) is 15.9. The van der Waals surface area contributed by atoms with Gasteiger partial charge in [0.25, 0.3) is 0 Å². The van der Waals surface area contributed by atoms with Crippen LogP contribution in [0.1, 0.15) is 12.0 Å². The molecule has 22 heavy (non-hydrogen) atoms. The molecule has 0 bridgehead atoms. The number of fused-ring (bicyclic) bond motifs is 1. The molecular weight excluding hydrogens is 328 g/mol. The van der Waals surface area contributed by atoms with Gasteiger partial charge in [-0.05, 0) is 42.7 Å². The van der Waals surface area contributed by atoms with Crippen LogP contribution in [-0.2, 0) is 6.42 Å². The Balaban J connectivity index is 2.24. The van der Waals surface area contributed by atoms with Gasteiger partial charge in [0.1, 0.15) is 23.4 Å². The van der Waals surface area contributed by atoms with E-state index in [1.165, 1.54) is 24.3 Å². The summed E-state index contributed by atoms with van der Waals surface area (Å²) < 4.78 is 19.8. The van der Waals surface area contributed by atoms with E-state index in [0.29, 0.717) is 34.9 Å². The summed E-state index contributed by atoms with van der Waals surface area (Å²) in [6.07, 6.45) is 1.26. The van der Waals surface area contributed by atoms with Crippen molar-refractivity contribution in [2.75, 3.05) is 6.54 Å². The summed E-state index contributed by atoms with van der Waals surface area (Å²) in [6, 6.07) is 5.66. The number of halogens is 3. The molecule has 0 aromatic heterocycles. The van der Waals surface area contributed by atoms with Crippen molar-refractivity contribution in [3.8, 4) is 22.6 Å². The Kier molecular flexibility index (Phi) is 4.17. The van der Waals surface area contributed by atoms with Crippen LogP contribution in [0.3, 0.4) is 0 Å². The average Bonchev–Trinajstić information content (AvgIpc) is 2.51. The molecule has 0 saturated heterocycles. The molecular formula is C16H14Cl2FNO2. The van der Waals surface area contributed by atoms with Crippen molar-refractivity contribution in [1.29, 1.82) is 0 Å². The number of hydrogen-bond acceptors (Lipinski definition) is 3. The standard InChI is InChI=1S/C16H14Cl2FNO2/c17-12-3-4-13(21)15(18)14(12)11-6-9(19)5-8-1-2-10(7-20)22-16(8)11/h3-6,10,21H,1-2,7,20H2/t10-/m1/s1. The fourth-order valence-corrected chi connectivity index (χ4v) is 3.23. The van der Waals surface area contributed by atoms with Crippen molar-refractivity contribution < 1.29 is 14.2 Å². The zero-order valence-electron chi connectivity index (χ0n) is 11.6. The summed E-state index contributed by atoms with van der Waals surface area (Å²) >= 11 is 12.4. The first-order chi connectivity index (χ1) is 10.5. The van der Waals surface area contributed by atoms with Crippen LogP contribution < -0.4 is 10.5 Å². The van der Waals surface area contributed by atoms with E-state index in [9.17, 15) is 9.50 Å². The molecule has 0 aliphatic carbocycles. The van der Waals surface area contributed by atoms with Crippen molar-refractivity contribution in [3.63, 3.8) is 0 Å². The maximum absolute atomic E-state index is 14.0. The lowest BCUT2D eigenvalue weighted by molar-refractivity contribution is 0.182. The molecule has 1 aliphatic heterocycles. The van der Waals surface area contributed by atoms with Gasteiger partial charge in [0.05, 0.1) is 10.0 Å². The van der Waals surface area contributed by atoms with E-state index >= 15 is 0 Å². The molecule has 0 radical (unpaired) electrons. The lowest BCUT2D eigenvalue weighted by atomic mass is 9.95. The minimum absolute atomic E-state index is 0.0683. The minimum Gasteiger partial charge on any atom is -0.506 e. The minimum atomic E-state index is -0.404. The Morgan fingerprint density at radius 1 is 1.32 bits per heavy atom. The Labute approximate surface area is 137 Å². The summed E-state index contributed by atoms with van der Waals surface area (Å²) in [6.45, 7) is 0.373. The first-order valence-corrected chi connectivity index (χ1v) is 7.63. The van der Waals surface area contributed by atoms with Gasteiger partial charge >= 0.3 is 0 Å². The SMILES string of the molecule is NC[C@H]1CCc2cc(F)cc(-c3c(Cl)ccc(O)c3Cl)c2O1. The van der Waals surface area contributed by atoms with Gasteiger partial charge in [-0.25, -0.2) is 4.39 Å². The maximum atomic E-state index is 14.0. The molecule has 0 unspecified atom stereocenters. The fourth-order valence-electron chi connectivity index (χ4n) is 2.66. The van der Waals surface area contributed by atoms with E-state index in [0.717, 1.165) is 12.0 Å². The summed E-state index contributed by atoms with van der Waals surface area (Å²) in [4.78, 5) is 0. The fraction of sp³-hybridized carbons (Fsp3) is 0.250. The third kappa shape index (κ3) is 2.62. The molecule has 1 heterocycles. The number of rotatable bonds is 2. The van der Waals surface area contributed by atoms with Gasteiger partial charge in [0.2, 0.25) is 0 Å². The van der Waals surface area contributed by atoms with Crippen LogP contribution in [0.25, 0.3) is 11.1 Å². The third-order valence-electron chi connectivity index (χ3n) is 3.75. The van der Waals surface area contributed by atoms with Gasteiger partial charge in [0, 0.05) is 17.7 Å². The van der Waals surface area contributed by atoms with Gasteiger partial charge in [-0.1, -0.05) is 23.2 Å². The predicted octanol–water partition coefficient (Wildman–Crippen LogP) is 4.16. The quantitative estimate of drug-likeness (QED) is 0.862. The second kappa shape index (κ2) is 5.95. The van der Waals surface area contributed by atoms with Gasteiger partial charge in [0.15, 0.2) is 0 Å². The lowest BCUT2D eigenvalue weighted by Crippen LogP contribution is -2.30. The van der Waals surface area contributed by atoms with E-state index in [4.69, 9.17) is 33.7 Å².